The molecule has 1 fully saturated rings. The zero-order chi connectivity index (χ0) is 14.4. The van der Waals surface area contributed by atoms with Gasteiger partial charge in [0.05, 0.1) is 0 Å². The molecule has 1 heterocycles. The molecule has 2 nitrogen and oxygen atoms in total. The number of hydrogen-bond acceptors (Lipinski definition) is 2. The molecule has 0 amide bonds. The van der Waals surface area contributed by atoms with Crippen molar-refractivity contribution in [1.29, 1.82) is 0 Å². The molecule has 2 heteroatoms. The normalized spacial score (nSPS) is 25.6. The van der Waals surface area contributed by atoms with E-state index in [1.165, 1.54) is 31.5 Å². The van der Waals surface area contributed by atoms with Crippen LogP contribution in [0, 0.1) is 11.8 Å². The van der Waals surface area contributed by atoms with E-state index in [4.69, 9.17) is 0 Å². The molecule has 112 valence electrons. The van der Waals surface area contributed by atoms with Crippen molar-refractivity contribution in [3.05, 3.63) is 35.9 Å². The molecule has 3 unspecified atom stereocenters. The lowest BCUT2D eigenvalue weighted by Gasteiger charge is -2.40. The minimum Gasteiger partial charge on any atom is -0.315 e. The first-order valence-electron chi connectivity index (χ1n) is 8.20. The summed E-state index contributed by atoms with van der Waals surface area (Å²) in [5.41, 5.74) is 1.46. The van der Waals surface area contributed by atoms with Crippen LogP contribution in [-0.2, 0) is 0 Å². The lowest BCUT2D eigenvalue weighted by molar-refractivity contribution is 0.0942. The molecule has 1 saturated heterocycles. The maximum Gasteiger partial charge on any atom is 0.0472 e. The monoisotopic (exact) mass is 274 g/mol. The maximum atomic E-state index is 3.62. The van der Waals surface area contributed by atoms with Crippen molar-refractivity contribution < 1.29 is 0 Å². The van der Waals surface area contributed by atoms with E-state index in [2.05, 4.69) is 61.3 Å². The van der Waals surface area contributed by atoms with Gasteiger partial charge in [-0.05, 0) is 36.8 Å². The largest absolute Gasteiger partial charge is 0.315 e. The molecule has 0 aliphatic carbocycles. The Kier molecular flexibility index (Phi) is 6.06. The highest BCUT2D eigenvalue weighted by Crippen LogP contribution is 2.29. The van der Waals surface area contributed by atoms with E-state index in [-0.39, 0.29) is 0 Å². The van der Waals surface area contributed by atoms with Gasteiger partial charge in [-0.3, -0.25) is 4.90 Å². The lowest BCUT2D eigenvalue weighted by atomic mass is 9.89. The summed E-state index contributed by atoms with van der Waals surface area (Å²) >= 11 is 0. The van der Waals surface area contributed by atoms with E-state index in [1.807, 2.05) is 0 Å². The van der Waals surface area contributed by atoms with Crippen LogP contribution in [0.15, 0.2) is 30.3 Å². The van der Waals surface area contributed by atoms with Crippen molar-refractivity contribution >= 4 is 0 Å². The van der Waals surface area contributed by atoms with Gasteiger partial charge in [0.1, 0.15) is 0 Å². The van der Waals surface area contributed by atoms with Crippen molar-refractivity contribution in [1.82, 2.24) is 10.2 Å². The highest BCUT2D eigenvalue weighted by Gasteiger charge is 2.27. The van der Waals surface area contributed by atoms with Gasteiger partial charge in [-0.1, -0.05) is 51.1 Å². The van der Waals surface area contributed by atoms with Gasteiger partial charge >= 0.3 is 0 Å². The van der Waals surface area contributed by atoms with Crippen LogP contribution in [0.25, 0.3) is 0 Å². The topological polar surface area (TPSA) is 15.3 Å². The number of piperidine rings is 1. The summed E-state index contributed by atoms with van der Waals surface area (Å²) < 4.78 is 0. The molecule has 0 spiro atoms. The summed E-state index contributed by atoms with van der Waals surface area (Å²) in [5.74, 6) is 1.63. The Morgan fingerprint density at radius 1 is 1.15 bits per heavy atom. The predicted octanol–water partition coefficient (Wildman–Crippen LogP) is 3.71. The van der Waals surface area contributed by atoms with Gasteiger partial charge in [-0.2, -0.15) is 0 Å². The Labute approximate surface area is 124 Å². The second-order valence-corrected chi connectivity index (χ2v) is 6.53. The fourth-order valence-corrected chi connectivity index (χ4v) is 3.51. The number of benzene rings is 1. The van der Waals surface area contributed by atoms with E-state index in [0.717, 1.165) is 24.9 Å². The lowest BCUT2D eigenvalue weighted by Crippen LogP contribution is -2.44. The average Bonchev–Trinajstić information content (AvgIpc) is 2.43. The van der Waals surface area contributed by atoms with Crippen molar-refractivity contribution in [2.24, 2.45) is 11.8 Å². The number of nitrogens with zero attached hydrogens (tertiary/aromatic N) is 1. The van der Waals surface area contributed by atoms with Crippen molar-refractivity contribution in [2.75, 3.05) is 26.2 Å². The maximum absolute atomic E-state index is 3.62. The standard InChI is InChI=1S/C18H30N2/c1-4-10-19-12-18(17-8-6-5-7-9-17)20-13-15(2)11-16(3)14-20/h5-9,15-16,18-19H,4,10-14H2,1-3H3. The SMILES string of the molecule is CCCNCC(c1ccccc1)N1CC(C)CC(C)C1. The van der Waals surface area contributed by atoms with E-state index in [0.29, 0.717) is 6.04 Å². The van der Waals surface area contributed by atoms with E-state index >= 15 is 0 Å². The molecule has 1 N–H and O–H groups in total. The van der Waals surface area contributed by atoms with Crippen LogP contribution in [0.5, 0.6) is 0 Å². The van der Waals surface area contributed by atoms with E-state index in [9.17, 15) is 0 Å². The first kappa shape index (κ1) is 15.5. The van der Waals surface area contributed by atoms with Gasteiger partial charge in [-0.15, -0.1) is 0 Å². The minimum absolute atomic E-state index is 0.521. The minimum atomic E-state index is 0.521. The smallest absolute Gasteiger partial charge is 0.0472 e. The van der Waals surface area contributed by atoms with Gasteiger partial charge in [0, 0.05) is 25.7 Å². The molecule has 1 aliphatic heterocycles. The van der Waals surface area contributed by atoms with Gasteiger partial charge in [-0.25, -0.2) is 0 Å². The second-order valence-electron chi connectivity index (χ2n) is 6.53. The van der Waals surface area contributed by atoms with Gasteiger partial charge in [0.25, 0.3) is 0 Å². The number of rotatable bonds is 6. The third-order valence-corrected chi connectivity index (χ3v) is 4.29. The highest BCUT2D eigenvalue weighted by molar-refractivity contribution is 5.19. The van der Waals surface area contributed by atoms with Crippen molar-refractivity contribution in [3.8, 4) is 0 Å². The molecule has 0 saturated carbocycles. The molecule has 0 aromatic heterocycles. The van der Waals surface area contributed by atoms with Crippen molar-refractivity contribution in [2.45, 2.75) is 39.7 Å². The molecular weight excluding hydrogens is 244 g/mol. The zero-order valence-corrected chi connectivity index (χ0v) is 13.3. The molecule has 1 aliphatic rings. The van der Waals surface area contributed by atoms with Gasteiger partial charge < -0.3 is 5.32 Å². The summed E-state index contributed by atoms with van der Waals surface area (Å²) in [6.45, 7) is 11.7. The van der Waals surface area contributed by atoms with Crippen LogP contribution in [0.4, 0.5) is 0 Å². The van der Waals surface area contributed by atoms with E-state index < -0.39 is 0 Å². The number of likely N-dealkylation sites (tertiary alicyclic amines) is 1. The molecule has 20 heavy (non-hydrogen) atoms. The van der Waals surface area contributed by atoms with E-state index in [1.54, 1.807) is 0 Å². The van der Waals surface area contributed by atoms with Crippen LogP contribution in [0.2, 0.25) is 0 Å². The Bertz CT molecular complexity index is 366. The summed E-state index contributed by atoms with van der Waals surface area (Å²) in [7, 11) is 0. The molecule has 1 aromatic rings. The van der Waals surface area contributed by atoms with Crippen LogP contribution < -0.4 is 5.32 Å². The third-order valence-electron chi connectivity index (χ3n) is 4.29. The Morgan fingerprint density at radius 2 is 1.80 bits per heavy atom. The second kappa shape index (κ2) is 7.80. The fourth-order valence-electron chi connectivity index (χ4n) is 3.51. The van der Waals surface area contributed by atoms with Gasteiger partial charge in [0.15, 0.2) is 0 Å². The Morgan fingerprint density at radius 3 is 2.40 bits per heavy atom. The predicted molar refractivity (Wildman–Crippen MR) is 86.9 cm³/mol. The number of hydrogen-bond donors (Lipinski definition) is 1. The number of nitrogens with one attached hydrogen (secondary N) is 1. The Hall–Kier alpha value is -0.860. The summed E-state index contributed by atoms with van der Waals surface area (Å²) in [5, 5.41) is 3.62. The van der Waals surface area contributed by atoms with Crippen LogP contribution in [0.1, 0.15) is 45.2 Å². The average molecular weight is 274 g/mol. The fraction of sp³-hybridized carbons (Fsp3) is 0.667. The molecule has 2 rings (SSSR count). The quantitative estimate of drug-likeness (QED) is 0.796. The van der Waals surface area contributed by atoms with Crippen LogP contribution in [-0.4, -0.2) is 31.1 Å². The molecule has 0 bridgehead atoms. The molecule has 1 aromatic carbocycles. The van der Waals surface area contributed by atoms with Crippen LogP contribution in [0.3, 0.4) is 0 Å². The van der Waals surface area contributed by atoms with Crippen LogP contribution >= 0.6 is 0 Å². The summed E-state index contributed by atoms with van der Waals surface area (Å²) in [6.07, 6.45) is 2.58. The first-order chi connectivity index (χ1) is 9.70. The van der Waals surface area contributed by atoms with Gasteiger partial charge in [0.2, 0.25) is 0 Å². The third kappa shape index (κ3) is 4.32. The molecule has 3 atom stereocenters. The summed E-state index contributed by atoms with van der Waals surface area (Å²) in [4.78, 5) is 2.69. The highest BCUT2D eigenvalue weighted by atomic mass is 15.2. The molecule has 0 radical (unpaired) electrons. The molecular formula is C18H30N2. The summed E-state index contributed by atoms with van der Waals surface area (Å²) in [6, 6.07) is 11.5. The Balaban J connectivity index is 2.09. The zero-order valence-electron chi connectivity index (χ0n) is 13.3. The first-order valence-corrected chi connectivity index (χ1v) is 8.20. The van der Waals surface area contributed by atoms with Crippen molar-refractivity contribution in [3.63, 3.8) is 0 Å².